The average molecular weight is 354 g/mol. The van der Waals surface area contributed by atoms with Gasteiger partial charge in [0.1, 0.15) is 5.75 Å². The molecule has 1 aliphatic heterocycles. The first-order valence-corrected chi connectivity index (χ1v) is 5.84. The molecule has 9 heteroatoms. The van der Waals surface area contributed by atoms with Crippen molar-refractivity contribution in [2.45, 2.75) is 6.36 Å². The number of nitrogens with one attached hydrogen (secondary N) is 1. The monoisotopic (exact) mass is 352 g/mol. The van der Waals surface area contributed by atoms with Crippen LogP contribution >= 0.6 is 36.4 Å². The molecule has 0 spiro atoms. The number of piperazine rings is 1. The molecule has 1 aromatic rings. The smallest absolute Gasteiger partial charge is 0.404 e. The van der Waals surface area contributed by atoms with Gasteiger partial charge in [-0.15, -0.1) is 38.0 Å². The van der Waals surface area contributed by atoms with E-state index in [1.54, 1.807) is 6.07 Å². The minimum absolute atomic E-state index is 0. The second-order valence-corrected chi connectivity index (χ2v) is 4.31. The summed E-state index contributed by atoms with van der Waals surface area (Å²) in [7, 11) is 0. The van der Waals surface area contributed by atoms with Gasteiger partial charge in [-0.05, 0) is 12.1 Å². The van der Waals surface area contributed by atoms with Gasteiger partial charge in [0.05, 0.1) is 5.02 Å². The van der Waals surface area contributed by atoms with Crippen molar-refractivity contribution < 1.29 is 17.9 Å². The van der Waals surface area contributed by atoms with Gasteiger partial charge in [0.25, 0.3) is 0 Å². The lowest BCUT2D eigenvalue weighted by Crippen LogP contribution is -2.43. The van der Waals surface area contributed by atoms with Crippen molar-refractivity contribution in [3.8, 4) is 5.75 Å². The van der Waals surface area contributed by atoms with Crippen LogP contribution in [0.25, 0.3) is 0 Å². The predicted octanol–water partition coefficient (Wildman–Crippen LogP) is 3.49. The molecule has 0 bridgehead atoms. The Morgan fingerprint density at radius 1 is 1.15 bits per heavy atom. The van der Waals surface area contributed by atoms with E-state index in [2.05, 4.69) is 10.1 Å². The Hall–Kier alpha value is -0.560. The van der Waals surface area contributed by atoms with E-state index in [9.17, 15) is 13.2 Å². The number of ether oxygens (including phenoxy) is 1. The minimum atomic E-state index is -4.73. The van der Waals surface area contributed by atoms with Gasteiger partial charge in [0.15, 0.2) is 0 Å². The first-order valence-electron chi connectivity index (χ1n) is 5.47. The van der Waals surface area contributed by atoms with Crippen LogP contribution in [0.5, 0.6) is 5.75 Å². The van der Waals surface area contributed by atoms with Gasteiger partial charge in [-0.25, -0.2) is 0 Å². The van der Waals surface area contributed by atoms with Crippen LogP contribution in [0.1, 0.15) is 0 Å². The number of alkyl halides is 3. The third kappa shape index (κ3) is 5.44. The summed E-state index contributed by atoms with van der Waals surface area (Å²) >= 11 is 5.69. The fraction of sp³-hybridized carbons (Fsp3) is 0.455. The zero-order valence-corrected chi connectivity index (χ0v) is 12.6. The van der Waals surface area contributed by atoms with Gasteiger partial charge in [0, 0.05) is 37.9 Å². The summed E-state index contributed by atoms with van der Waals surface area (Å²) in [6.07, 6.45) is -4.73. The lowest BCUT2D eigenvalue weighted by Gasteiger charge is -2.29. The Morgan fingerprint density at radius 3 is 2.30 bits per heavy atom. The molecule has 0 aromatic heterocycles. The summed E-state index contributed by atoms with van der Waals surface area (Å²) < 4.78 is 40.5. The zero-order chi connectivity index (χ0) is 13.2. The highest BCUT2D eigenvalue weighted by atomic mass is 35.5. The highest BCUT2D eigenvalue weighted by Crippen LogP contribution is 2.33. The van der Waals surface area contributed by atoms with E-state index in [-0.39, 0.29) is 35.6 Å². The van der Waals surface area contributed by atoms with Crippen LogP contribution in [-0.2, 0) is 0 Å². The molecule has 1 aliphatic rings. The Balaban J connectivity index is 0.00000180. The van der Waals surface area contributed by atoms with Gasteiger partial charge in [-0.1, -0.05) is 11.6 Å². The van der Waals surface area contributed by atoms with Crippen LogP contribution in [-0.4, -0.2) is 32.5 Å². The molecule has 3 nitrogen and oxygen atoms in total. The van der Waals surface area contributed by atoms with Crippen molar-refractivity contribution in [3.05, 3.63) is 23.2 Å². The predicted molar refractivity (Wildman–Crippen MR) is 77.7 cm³/mol. The van der Waals surface area contributed by atoms with Crippen LogP contribution in [0, 0.1) is 0 Å². The summed E-state index contributed by atoms with van der Waals surface area (Å²) in [4.78, 5) is 1.98. The van der Waals surface area contributed by atoms with Crippen molar-refractivity contribution in [2.24, 2.45) is 0 Å². The fourth-order valence-electron chi connectivity index (χ4n) is 1.81. The maximum absolute atomic E-state index is 12.2. The van der Waals surface area contributed by atoms with Crippen molar-refractivity contribution in [1.29, 1.82) is 0 Å². The Morgan fingerprint density at radius 2 is 1.75 bits per heavy atom. The van der Waals surface area contributed by atoms with Crippen LogP contribution in [0.15, 0.2) is 18.2 Å². The van der Waals surface area contributed by atoms with E-state index < -0.39 is 6.36 Å². The molecule has 116 valence electrons. The highest BCUT2D eigenvalue weighted by Gasteiger charge is 2.32. The third-order valence-electron chi connectivity index (χ3n) is 2.62. The molecule has 1 heterocycles. The van der Waals surface area contributed by atoms with Gasteiger partial charge in [-0.3, -0.25) is 0 Å². The maximum atomic E-state index is 12.2. The second kappa shape index (κ2) is 8.02. The number of hydrogen-bond donors (Lipinski definition) is 1. The SMILES string of the molecule is Cl.Cl.FC(F)(F)Oc1cc(N2CCNCC2)ccc1Cl. The van der Waals surface area contributed by atoms with Crippen molar-refractivity contribution >= 4 is 42.1 Å². The van der Waals surface area contributed by atoms with E-state index in [1.165, 1.54) is 12.1 Å². The molecule has 1 fully saturated rings. The van der Waals surface area contributed by atoms with Crippen molar-refractivity contribution in [2.75, 3.05) is 31.1 Å². The normalized spacial score (nSPS) is 15.1. The van der Waals surface area contributed by atoms with Crippen LogP contribution in [0.3, 0.4) is 0 Å². The number of rotatable bonds is 2. The number of hydrogen-bond acceptors (Lipinski definition) is 3. The van der Waals surface area contributed by atoms with E-state index >= 15 is 0 Å². The summed E-state index contributed by atoms with van der Waals surface area (Å²) in [5.74, 6) is -0.361. The molecule has 0 aliphatic carbocycles. The second-order valence-electron chi connectivity index (χ2n) is 3.90. The van der Waals surface area contributed by atoms with E-state index in [4.69, 9.17) is 11.6 Å². The summed E-state index contributed by atoms with van der Waals surface area (Å²) in [6, 6.07) is 4.43. The quantitative estimate of drug-likeness (QED) is 0.881. The molecule has 2 rings (SSSR count). The summed E-state index contributed by atoms with van der Waals surface area (Å²) in [5.41, 5.74) is 0.681. The highest BCUT2D eigenvalue weighted by molar-refractivity contribution is 6.32. The van der Waals surface area contributed by atoms with Gasteiger partial charge >= 0.3 is 6.36 Å². The average Bonchev–Trinajstić information content (AvgIpc) is 2.31. The minimum Gasteiger partial charge on any atom is -0.404 e. The molecule has 0 radical (unpaired) electrons. The molecule has 1 aromatic carbocycles. The van der Waals surface area contributed by atoms with E-state index in [0.29, 0.717) is 5.69 Å². The Bertz CT molecular complexity index is 426. The number of nitrogens with zero attached hydrogens (tertiary/aromatic N) is 1. The van der Waals surface area contributed by atoms with Gasteiger partial charge < -0.3 is 15.0 Å². The fourth-order valence-corrected chi connectivity index (χ4v) is 1.97. The number of halogens is 6. The van der Waals surface area contributed by atoms with Gasteiger partial charge in [0.2, 0.25) is 0 Å². The maximum Gasteiger partial charge on any atom is 0.573 e. The molecule has 1 N–H and O–H groups in total. The summed E-state index contributed by atoms with van der Waals surface area (Å²) in [5, 5.41) is 3.12. The standard InChI is InChI=1S/C11H12ClF3N2O.2ClH/c12-9-2-1-8(17-5-3-16-4-6-17)7-10(9)18-11(13,14)15;;/h1-2,7,16H,3-6H2;2*1H. The molecular formula is C11H14Cl3F3N2O. The first-order chi connectivity index (χ1) is 8.46. The van der Waals surface area contributed by atoms with Crippen LogP contribution in [0.2, 0.25) is 5.02 Å². The Labute approximate surface area is 132 Å². The van der Waals surface area contributed by atoms with E-state index in [0.717, 1.165) is 26.2 Å². The van der Waals surface area contributed by atoms with Gasteiger partial charge in [-0.2, -0.15) is 0 Å². The lowest BCUT2D eigenvalue weighted by molar-refractivity contribution is -0.274. The molecule has 1 saturated heterocycles. The molecular weight excluding hydrogens is 339 g/mol. The van der Waals surface area contributed by atoms with Crippen molar-refractivity contribution in [1.82, 2.24) is 5.32 Å². The third-order valence-corrected chi connectivity index (χ3v) is 2.93. The first kappa shape index (κ1) is 19.4. The number of benzene rings is 1. The topological polar surface area (TPSA) is 24.5 Å². The molecule has 0 atom stereocenters. The molecule has 0 unspecified atom stereocenters. The Kier molecular flexibility index (Phi) is 7.80. The van der Waals surface area contributed by atoms with Crippen LogP contribution in [0.4, 0.5) is 18.9 Å². The number of anilines is 1. The van der Waals surface area contributed by atoms with E-state index in [1.807, 2.05) is 4.90 Å². The van der Waals surface area contributed by atoms with Crippen molar-refractivity contribution in [3.63, 3.8) is 0 Å². The largest absolute Gasteiger partial charge is 0.573 e. The lowest BCUT2D eigenvalue weighted by atomic mass is 10.2. The summed E-state index contributed by atoms with van der Waals surface area (Å²) in [6.45, 7) is 3.09. The molecule has 20 heavy (non-hydrogen) atoms. The molecule has 0 saturated carbocycles. The van der Waals surface area contributed by atoms with Crippen LogP contribution < -0.4 is 15.0 Å². The molecule has 0 amide bonds. The zero-order valence-electron chi connectivity index (χ0n) is 10.2.